The van der Waals surface area contributed by atoms with E-state index in [0.717, 1.165) is 17.5 Å². The van der Waals surface area contributed by atoms with E-state index in [1.165, 1.54) is 10.5 Å². The van der Waals surface area contributed by atoms with Crippen LogP contribution in [0, 0.1) is 0 Å². The number of nitrogens with one attached hydrogen (secondary N) is 1. The normalized spacial score (nSPS) is 20.7. The van der Waals surface area contributed by atoms with Crippen LogP contribution in [-0.4, -0.2) is 46.0 Å². The number of piperidine rings is 1. The molecule has 3 heterocycles. The van der Waals surface area contributed by atoms with Crippen molar-refractivity contribution in [1.29, 1.82) is 0 Å². The SMILES string of the molecule is O=C1CCC(N2Cc3cc(C(=O)N4CCc5ccccc5C4)ccc3C2=O)C(=O)N1. The van der Waals surface area contributed by atoms with E-state index in [1.54, 1.807) is 18.2 Å². The van der Waals surface area contributed by atoms with Gasteiger partial charge in [0.2, 0.25) is 11.8 Å². The number of benzene rings is 2. The van der Waals surface area contributed by atoms with E-state index in [9.17, 15) is 19.2 Å². The van der Waals surface area contributed by atoms with Gasteiger partial charge >= 0.3 is 0 Å². The molecule has 1 atom stereocenters. The highest BCUT2D eigenvalue weighted by molar-refractivity contribution is 6.06. The summed E-state index contributed by atoms with van der Waals surface area (Å²) in [5.74, 6) is -1.03. The van der Waals surface area contributed by atoms with Gasteiger partial charge < -0.3 is 9.80 Å². The summed E-state index contributed by atoms with van der Waals surface area (Å²) >= 11 is 0. The van der Waals surface area contributed by atoms with Gasteiger partial charge in [0.05, 0.1) is 0 Å². The van der Waals surface area contributed by atoms with Crippen molar-refractivity contribution in [2.75, 3.05) is 6.54 Å². The van der Waals surface area contributed by atoms with Crippen LogP contribution in [-0.2, 0) is 29.1 Å². The molecule has 30 heavy (non-hydrogen) atoms. The Morgan fingerprint density at radius 1 is 0.933 bits per heavy atom. The molecule has 0 spiro atoms. The summed E-state index contributed by atoms with van der Waals surface area (Å²) in [4.78, 5) is 52.8. The van der Waals surface area contributed by atoms with Crippen LogP contribution in [0.1, 0.15) is 50.2 Å². The number of fused-ring (bicyclic) bond motifs is 2. The molecule has 2 aromatic rings. The lowest BCUT2D eigenvalue weighted by molar-refractivity contribution is -0.136. The molecule has 2 aromatic carbocycles. The summed E-state index contributed by atoms with van der Waals surface area (Å²) < 4.78 is 0. The van der Waals surface area contributed by atoms with Crippen molar-refractivity contribution >= 4 is 23.6 Å². The second kappa shape index (κ2) is 7.09. The molecule has 0 aromatic heterocycles. The van der Waals surface area contributed by atoms with Gasteiger partial charge in [0.15, 0.2) is 0 Å². The number of rotatable bonds is 2. The summed E-state index contributed by atoms with van der Waals surface area (Å²) in [6, 6.07) is 12.6. The summed E-state index contributed by atoms with van der Waals surface area (Å²) in [6.45, 7) is 1.51. The molecule has 7 nitrogen and oxygen atoms in total. The Hall–Kier alpha value is -3.48. The number of amides is 4. The largest absolute Gasteiger partial charge is 0.334 e. The lowest BCUT2D eigenvalue weighted by atomic mass is 9.98. The van der Waals surface area contributed by atoms with Crippen molar-refractivity contribution in [3.05, 3.63) is 70.3 Å². The van der Waals surface area contributed by atoms with Gasteiger partial charge in [0.1, 0.15) is 6.04 Å². The number of hydrogen-bond acceptors (Lipinski definition) is 4. The molecule has 1 N–H and O–H groups in total. The first-order chi connectivity index (χ1) is 14.5. The monoisotopic (exact) mass is 403 g/mol. The summed E-state index contributed by atoms with van der Waals surface area (Å²) in [5.41, 5.74) is 4.25. The van der Waals surface area contributed by atoms with E-state index in [0.29, 0.717) is 30.6 Å². The zero-order valence-electron chi connectivity index (χ0n) is 16.4. The minimum absolute atomic E-state index is 0.0563. The van der Waals surface area contributed by atoms with Crippen LogP contribution >= 0.6 is 0 Å². The van der Waals surface area contributed by atoms with Gasteiger partial charge in [-0.3, -0.25) is 24.5 Å². The molecular weight excluding hydrogens is 382 g/mol. The maximum Gasteiger partial charge on any atom is 0.255 e. The van der Waals surface area contributed by atoms with Crippen LogP contribution in [0.25, 0.3) is 0 Å². The standard InChI is InChI=1S/C23H21N3O4/c27-20-8-7-19(21(28)24-20)26-13-17-11-15(5-6-18(17)23(26)30)22(29)25-10-9-14-3-1-2-4-16(14)12-25/h1-6,11,19H,7-10,12-13H2,(H,24,27,28). The molecular formula is C23H21N3O4. The van der Waals surface area contributed by atoms with E-state index >= 15 is 0 Å². The molecule has 1 saturated heterocycles. The Morgan fingerprint density at radius 3 is 2.53 bits per heavy atom. The van der Waals surface area contributed by atoms with E-state index < -0.39 is 11.9 Å². The first-order valence-corrected chi connectivity index (χ1v) is 10.1. The average Bonchev–Trinajstić information content (AvgIpc) is 3.08. The molecule has 4 amide bonds. The van der Waals surface area contributed by atoms with Crippen LogP contribution in [0.4, 0.5) is 0 Å². The van der Waals surface area contributed by atoms with E-state index in [-0.39, 0.29) is 30.7 Å². The number of carbonyl (C=O) groups excluding carboxylic acids is 4. The molecule has 1 unspecified atom stereocenters. The Labute approximate surface area is 173 Å². The minimum atomic E-state index is -0.652. The smallest absolute Gasteiger partial charge is 0.255 e. The van der Waals surface area contributed by atoms with Crippen molar-refractivity contribution in [1.82, 2.24) is 15.1 Å². The predicted octanol–water partition coefficient (Wildman–Crippen LogP) is 1.65. The third-order valence-corrected chi connectivity index (χ3v) is 6.19. The fourth-order valence-electron chi connectivity index (χ4n) is 4.56. The molecule has 0 radical (unpaired) electrons. The van der Waals surface area contributed by atoms with Gasteiger partial charge in [0.25, 0.3) is 11.8 Å². The molecule has 5 rings (SSSR count). The quantitative estimate of drug-likeness (QED) is 0.773. The summed E-state index contributed by atoms with van der Waals surface area (Å²) in [7, 11) is 0. The van der Waals surface area contributed by atoms with Gasteiger partial charge in [-0.25, -0.2) is 0 Å². The molecule has 152 valence electrons. The number of imide groups is 1. The van der Waals surface area contributed by atoms with E-state index in [2.05, 4.69) is 11.4 Å². The van der Waals surface area contributed by atoms with Crippen LogP contribution in [0.5, 0.6) is 0 Å². The van der Waals surface area contributed by atoms with Crippen LogP contribution in [0.3, 0.4) is 0 Å². The molecule has 3 aliphatic rings. The average molecular weight is 403 g/mol. The fourth-order valence-corrected chi connectivity index (χ4v) is 4.56. The maximum atomic E-state index is 13.1. The molecule has 3 aliphatic heterocycles. The number of hydrogen-bond donors (Lipinski definition) is 1. The second-order valence-corrected chi connectivity index (χ2v) is 8.02. The first-order valence-electron chi connectivity index (χ1n) is 10.1. The number of carbonyl (C=O) groups is 4. The van der Waals surface area contributed by atoms with Crippen molar-refractivity contribution in [2.24, 2.45) is 0 Å². The Morgan fingerprint density at radius 2 is 1.73 bits per heavy atom. The molecule has 0 bridgehead atoms. The zero-order valence-corrected chi connectivity index (χ0v) is 16.4. The lowest BCUT2D eigenvalue weighted by Gasteiger charge is -2.29. The molecule has 0 saturated carbocycles. The molecule has 1 fully saturated rings. The highest BCUT2D eigenvalue weighted by Gasteiger charge is 2.39. The Balaban J connectivity index is 1.35. The van der Waals surface area contributed by atoms with E-state index in [4.69, 9.17) is 0 Å². The third-order valence-electron chi connectivity index (χ3n) is 6.19. The van der Waals surface area contributed by atoms with Gasteiger partial charge in [0, 0.05) is 37.2 Å². The van der Waals surface area contributed by atoms with Crippen molar-refractivity contribution in [3.63, 3.8) is 0 Å². The van der Waals surface area contributed by atoms with Gasteiger partial charge in [-0.1, -0.05) is 24.3 Å². The minimum Gasteiger partial charge on any atom is -0.334 e. The van der Waals surface area contributed by atoms with Gasteiger partial charge in [-0.15, -0.1) is 0 Å². The van der Waals surface area contributed by atoms with Crippen molar-refractivity contribution in [2.45, 2.75) is 38.4 Å². The first kappa shape index (κ1) is 18.5. The van der Waals surface area contributed by atoms with Crippen LogP contribution in [0.2, 0.25) is 0 Å². The fraction of sp³-hybridized carbons (Fsp3) is 0.304. The predicted molar refractivity (Wildman–Crippen MR) is 107 cm³/mol. The van der Waals surface area contributed by atoms with E-state index in [1.807, 2.05) is 23.1 Å². The van der Waals surface area contributed by atoms with Crippen molar-refractivity contribution in [3.8, 4) is 0 Å². The second-order valence-electron chi connectivity index (χ2n) is 8.02. The highest BCUT2D eigenvalue weighted by Crippen LogP contribution is 2.29. The Kier molecular flexibility index (Phi) is 4.38. The maximum absolute atomic E-state index is 13.1. The van der Waals surface area contributed by atoms with Crippen molar-refractivity contribution < 1.29 is 19.2 Å². The summed E-state index contributed by atoms with van der Waals surface area (Å²) in [5, 5.41) is 2.30. The Bertz CT molecular complexity index is 1090. The molecule has 7 heteroatoms. The van der Waals surface area contributed by atoms with Crippen LogP contribution in [0.15, 0.2) is 42.5 Å². The third kappa shape index (κ3) is 3.07. The topological polar surface area (TPSA) is 86.8 Å². The highest BCUT2D eigenvalue weighted by atomic mass is 16.2. The zero-order chi connectivity index (χ0) is 20.8. The molecule has 0 aliphatic carbocycles. The van der Waals surface area contributed by atoms with Crippen LogP contribution < -0.4 is 5.32 Å². The van der Waals surface area contributed by atoms with Gasteiger partial charge in [-0.05, 0) is 47.7 Å². The summed E-state index contributed by atoms with van der Waals surface area (Å²) in [6.07, 6.45) is 1.37. The lowest BCUT2D eigenvalue weighted by Crippen LogP contribution is -2.52. The number of nitrogens with zero attached hydrogens (tertiary/aromatic N) is 2. The van der Waals surface area contributed by atoms with Gasteiger partial charge in [-0.2, -0.15) is 0 Å².